The van der Waals surface area contributed by atoms with Gasteiger partial charge in [0.2, 0.25) is 0 Å². The first kappa shape index (κ1) is 31.0. The van der Waals surface area contributed by atoms with Crippen molar-refractivity contribution in [1.29, 1.82) is 0 Å². The van der Waals surface area contributed by atoms with E-state index in [0.717, 1.165) is 0 Å². The molecule has 0 N–H and O–H groups in total. The molecule has 0 spiro atoms. The first-order valence-electron chi connectivity index (χ1n) is 18.4. The van der Waals surface area contributed by atoms with E-state index < -0.39 is 0 Å². The van der Waals surface area contributed by atoms with Gasteiger partial charge in [0, 0.05) is 0 Å². The van der Waals surface area contributed by atoms with Crippen molar-refractivity contribution in [3.8, 4) is 33.4 Å². The summed E-state index contributed by atoms with van der Waals surface area (Å²) >= 11 is 0. The molecular weight excluding hydrogens is 637 g/mol. The Hall–Kier alpha value is -6.76. The minimum Gasteiger partial charge on any atom is -0.0622 e. The molecule has 0 heterocycles. The van der Waals surface area contributed by atoms with Crippen molar-refractivity contribution in [3.63, 3.8) is 0 Å². The van der Waals surface area contributed by atoms with Crippen LogP contribution in [0.4, 0.5) is 0 Å². The molecule has 0 aliphatic carbocycles. The van der Waals surface area contributed by atoms with Crippen molar-refractivity contribution in [2.45, 2.75) is 6.92 Å². The summed E-state index contributed by atoms with van der Waals surface area (Å²) in [5, 5.41) is 12.8. The number of fused-ring (bicyclic) bond motifs is 5. The van der Waals surface area contributed by atoms with E-state index in [0.29, 0.717) is 0 Å². The fourth-order valence-electron chi connectivity index (χ4n) is 8.52. The van der Waals surface area contributed by atoms with Gasteiger partial charge in [0.1, 0.15) is 0 Å². The summed E-state index contributed by atoms with van der Waals surface area (Å²) in [5.41, 5.74) is 11.3. The van der Waals surface area contributed by atoms with Crippen molar-refractivity contribution < 1.29 is 0 Å². The van der Waals surface area contributed by atoms with Gasteiger partial charge in [0.15, 0.2) is 0 Å². The lowest BCUT2D eigenvalue weighted by Gasteiger charge is -2.18. The molecule has 0 bridgehead atoms. The van der Waals surface area contributed by atoms with Gasteiger partial charge in [0.05, 0.1) is 0 Å². The molecule has 0 heteroatoms. The molecule has 0 atom stereocenters. The molecular formula is C53H36. The molecule has 0 saturated heterocycles. The summed E-state index contributed by atoms with van der Waals surface area (Å²) in [4.78, 5) is 0. The monoisotopic (exact) mass is 672 g/mol. The van der Waals surface area contributed by atoms with Gasteiger partial charge in [-0.25, -0.2) is 0 Å². The van der Waals surface area contributed by atoms with Crippen LogP contribution in [0, 0.1) is 6.92 Å². The van der Waals surface area contributed by atoms with Crippen LogP contribution in [-0.2, 0) is 0 Å². The van der Waals surface area contributed by atoms with Crippen molar-refractivity contribution in [2.75, 3.05) is 0 Å². The summed E-state index contributed by atoms with van der Waals surface area (Å²) < 4.78 is 0. The lowest BCUT2D eigenvalue weighted by Crippen LogP contribution is -1.91. The van der Waals surface area contributed by atoms with E-state index in [9.17, 15) is 0 Å². The third-order valence-corrected chi connectivity index (χ3v) is 11.0. The van der Waals surface area contributed by atoms with Gasteiger partial charge in [-0.1, -0.05) is 182 Å². The van der Waals surface area contributed by atoms with Gasteiger partial charge < -0.3 is 0 Å². The second-order valence-corrected chi connectivity index (χ2v) is 14.1. The summed E-state index contributed by atoms with van der Waals surface area (Å²) in [5.74, 6) is 0. The van der Waals surface area contributed by atoms with Crippen molar-refractivity contribution in [2.24, 2.45) is 0 Å². The molecule has 0 aliphatic rings. The maximum Gasteiger partial charge on any atom is -0.00262 e. The quantitative estimate of drug-likeness (QED) is 0.126. The Morgan fingerprint density at radius 2 is 0.642 bits per heavy atom. The first-order chi connectivity index (χ1) is 26.2. The number of hydrogen-bond acceptors (Lipinski definition) is 0. The zero-order valence-electron chi connectivity index (χ0n) is 29.6. The molecule has 0 aromatic heterocycles. The average molecular weight is 673 g/mol. The normalized spacial score (nSPS) is 11.8. The Kier molecular flexibility index (Phi) is 7.48. The number of rotatable bonds is 5. The first-order valence-corrected chi connectivity index (χ1v) is 18.4. The topological polar surface area (TPSA) is 0 Å². The SMILES string of the molecule is Cc1c2ccccc2c(-c2ccc3cc(-c4c5ccccc5c(-c5cccc(/C=C/c6ccccc6)c5)c5ccccc45)ccc3c2)c2ccccc12. The average Bonchev–Trinajstić information content (AvgIpc) is 3.22. The molecule has 0 amide bonds. The molecule has 0 aliphatic heterocycles. The Morgan fingerprint density at radius 3 is 1.11 bits per heavy atom. The molecule has 0 fully saturated rings. The second kappa shape index (κ2) is 12.8. The van der Waals surface area contributed by atoms with Crippen LogP contribution in [0.3, 0.4) is 0 Å². The van der Waals surface area contributed by atoms with Crippen LogP contribution < -0.4 is 0 Å². The van der Waals surface area contributed by atoms with Crippen molar-refractivity contribution in [3.05, 3.63) is 205 Å². The van der Waals surface area contributed by atoms with E-state index in [4.69, 9.17) is 0 Å². The molecule has 53 heavy (non-hydrogen) atoms. The van der Waals surface area contributed by atoms with Crippen LogP contribution in [0.15, 0.2) is 188 Å². The third-order valence-electron chi connectivity index (χ3n) is 11.0. The second-order valence-electron chi connectivity index (χ2n) is 14.1. The van der Waals surface area contributed by atoms with Gasteiger partial charge in [-0.15, -0.1) is 0 Å². The molecule has 10 aromatic rings. The smallest absolute Gasteiger partial charge is 0.00262 e. The number of hydrogen-bond donors (Lipinski definition) is 0. The Morgan fingerprint density at radius 1 is 0.283 bits per heavy atom. The maximum atomic E-state index is 2.38. The third kappa shape index (κ3) is 5.31. The van der Waals surface area contributed by atoms with Gasteiger partial charge in [-0.3, -0.25) is 0 Å². The molecule has 0 unspecified atom stereocenters. The van der Waals surface area contributed by atoms with E-state index in [2.05, 4.69) is 207 Å². The van der Waals surface area contributed by atoms with Crippen LogP contribution in [0.5, 0.6) is 0 Å². The Labute approximate surface area is 309 Å². The lowest BCUT2D eigenvalue weighted by atomic mass is 9.85. The Balaban J connectivity index is 1.13. The summed E-state index contributed by atoms with van der Waals surface area (Å²) in [6, 6.07) is 69.0. The van der Waals surface area contributed by atoms with Gasteiger partial charge in [-0.2, -0.15) is 0 Å². The summed E-state index contributed by atoms with van der Waals surface area (Å²) in [6.07, 6.45) is 4.40. The highest BCUT2D eigenvalue weighted by molar-refractivity contribution is 6.22. The molecule has 10 aromatic carbocycles. The lowest BCUT2D eigenvalue weighted by molar-refractivity contribution is 1.58. The minimum absolute atomic E-state index is 1.18. The number of aryl methyl sites for hydroxylation is 1. The molecule has 10 rings (SSSR count). The van der Waals surface area contributed by atoms with Gasteiger partial charge >= 0.3 is 0 Å². The minimum atomic E-state index is 1.18. The van der Waals surface area contributed by atoms with E-state index in [1.54, 1.807) is 0 Å². The van der Waals surface area contributed by atoms with E-state index in [1.807, 2.05) is 0 Å². The molecule has 248 valence electrons. The van der Waals surface area contributed by atoms with Gasteiger partial charge in [0.25, 0.3) is 0 Å². The molecule has 0 radical (unpaired) electrons. The zero-order valence-corrected chi connectivity index (χ0v) is 29.6. The fourth-order valence-corrected chi connectivity index (χ4v) is 8.52. The van der Waals surface area contributed by atoms with Crippen LogP contribution in [0.2, 0.25) is 0 Å². The van der Waals surface area contributed by atoms with E-state index in [1.165, 1.54) is 104 Å². The zero-order chi connectivity index (χ0) is 35.3. The molecule has 0 nitrogen and oxygen atoms in total. The Bertz CT molecular complexity index is 2940. The summed E-state index contributed by atoms with van der Waals surface area (Å²) in [7, 11) is 0. The summed E-state index contributed by atoms with van der Waals surface area (Å²) in [6.45, 7) is 2.25. The van der Waals surface area contributed by atoms with Crippen LogP contribution in [-0.4, -0.2) is 0 Å². The maximum absolute atomic E-state index is 2.38. The van der Waals surface area contributed by atoms with Crippen molar-refractivity contribution in [1.82, 2.24) is 0 Å². The van der Waals surface area contributed by atoms with Crippen LogP contribution in [0.1, 0.15) is 16.7 Å². The highest BCUT2D eigenvalue weighted by Crippen LogP contribution is 2.45. The number of benzene rings is 10. The predicted octanol–water partition coefficient (Wildman–Crippen LogP) is 14.9. The van der Waals surface area contributed by atoms with Gasteiger partial charge in [-0.05, 0) is 129 Å². The highest BCUT2D eigenvalue weighted by atomic mass is 14.2. The van der Waals surface area contributed by atoms with E-state index >= 15 is 0 Å². The fraction of sp³-hybridized carbons (Fsp3) is 0.0189. The van der Waals surface area contributed by atoms with E-state index in [-0.39, 0.29) is 0 Å². The molecule has 0 saturated carbocycles. The largest absolute Gasteiger partial charge is 0.0622 e. The standard InChI is InChI=1S/C53H36/c1-35-43-18-5-7-20-45(43)52(46-21-8-6-19-44(35)46)41-30-28-39-34-42(31-29-38(39)33-41)53-49-24-11-9-22-47(49)51(48-23-10-12-25-50(48)53)40-17-13-16-37(32-40)27-26-36-14-3-2-4-15-36/h2-34H,1H3/b27-26+. The predicted molar refractivity (Wildman–Crippen MR) is 230 cm³/mol. The van der Waals surface area contributed by atoms with Crippen LogP contribution >= 0.6 is 0 Å². The van der Waals surface area contributed by atoms with Crippen LogP contribution in [0.25, 0.3) is 99.4 Å². The van der Waals surface area contributed by atoms with Crippen molar-refractivity contribution >= 4 is 66.0 Å². The highest BCUT2D eigenvalue weighted by Gasteiger charge is 2.18.